The van der Waals surface area contributed by atoms with Crippen molar-refractivity contribution in [2.45, 2.75) is 25.9 Å². The summed E-state index contributed by atoms with van der Waals surface area (Å²) in [4.78, 5) is 28.9. The normalized spacial score (nSPS) is 12.0. The smallest absolute Gasteiger partial charge is 0.261 e. The number of fused-ring (bicyclic) bond motifs is 1. The quantitative estimate of drug-likeness (QED) is 0.725. The highest BCUT2D eigenvalue weighted by Gasteiger charge is 2.13. The van der Waals surface area contributed by atoms with Gasteiger partial charge in [0.2, 0.25) is 5.91 Å². The Labute approximate surface area is 155 Å². The summed E-state index contributed by atoms with van der Waals surface area (Å²) in [5, 5.41) is 3.32. The van der Waals surface area contributed by atoms with Gasteiger partial charge in [-0.15, -0.1) is 0 Å². The highest BCUT2D eigenvalue weighted by atomic mass is 19.1. The number of halogens is 1. The molecule has 0 saturated carbocycles. The first-order chi connectivity index (χ1) is 13.0. The van der Waals surface area contributed by atoms with Gasteiger partial charge in [0.1, 0.15) is 0 Å². The van der Waals surface area contributed by atoms with E-state index in [0.29, 0.717) is 16.5 Å². The van der Waals surface area contributed by atoms with Crippen LogP contribution in [0.4, 0.5) is 4.39 Å². The molecule has 7 heteroatoms. The Bertz CT molecular complexity index is 1030. The Balaban J connectivity index is 1.63. The molecule has 140 valence electrons. The number of hydrogen-bond donors (Lipinski definition) is 1. The maximum Gasteiger partial charge on any atom is 0.261 e. The molecule has 1 heterocycles. The Kier molecular flexibility index (Phi) is 5.49. The third-order valence-corrected chi connectivity index (χ3v) is 4.36. The number of hydrogen-bond acceptors (Lipinski definition) is 4. The molecule has 0 spiro atoms. The van der Waals surface area contributed by atoms with Crippen LogP contribution in [0.5, 0.6) is 5.75 Å². The fourth-order valence-electron chi connectivity index (χ4n) is 2.84. The van der Waals surface area contributed by atoms with Gasteiger partial charge in [0.25, 0.3) is 5.56 Å². The van der Waals surface area contributed by atoms with E-state index in [1.165, 1.54) is 30.1 Å². The molecular weight excluding hydrogens is 349 g/mol. The third-order valence-electron chi connectivity index (χ3n) is 4.36. The lowest BCUT2D eigenvalue weighted by Crippen LogP contribution is -2.29. The zero-order chi connectivity index (χ0) is 19.4. The molecule has 3 aromatic rings. The van der Waals surface area contributed by atoms with Crippen molar-refractivity contribution in [2.75, 3.05) is 7.11 Å². The topological polar surface area (TPSA) is 73.2 Å². The Morgan fingerprint density at radius 2 is 2.07 bits per heavy atom. The van der Waals surface area contributed by atoms with Gasteiger partial charge in [-0.05, 0) is 36.8 Å². The summed E-state index contributed by atoms with van der Waals surface area (Å²) in [6.07, 6.45) is 1.56. The van der Waals surface area contributed by atoms with Gasteiger partial charge in [0.15, 0.2) is 11.6 Å². The SMILES string of the molecule is COc1ccc([C@H](C)NC(=O)CCn2cnc3ccccc3c2=O)cc1F. The zero-order valence-electron chi connectivity index (χ0n) is 15.1. The van der Waals surface area contributed by atoms with Crippen LogP contribution in [0.3, 0.4) is 0 Å². The molecule has 0 unspecified atom stereocenters. The van der Waals surface area contributed by atoms with E-state index in [-0.39, 0.29) is 36.2 Å². The van der Waals surface area contributed by atoms with Gasteiger partial charge in [-0.25, -0.2) is 9.37 Å². The molecule has 3 rings (SSSR count). The number of nitrogens with zero attached hydrogens (tertiary/aromatic N) is 2. The Morgan fingerprint density at radius 1 is 1.30 bits per heavy atom. The molecule has 0 aliphatic carbocycles. The number of aryl methyl sites for hydroxylation is 1. The van der Waals surface area contributed by atoms with E-state index >= 15 is 0 Å². The first kappa shape index (κ1) is 18.6. The number of methoxy groups -OCH3 is 1. The van der Waals surface area contributed by atoms with E-state index in [4.69, 9.17) is 4.74 Å². The predicted molar refractivity (Wildman–Crippen MR) is 100 cm³/mol. The number of carbonyl (C=O) groups excluding carboxylic acids is 1. The summed E-state index contributed by atoms with van der Waals surface area (Å²) in [5.74, 6) is -0.566. The van der Waals surface area contributed by atoms with Crippen LogP contribution in [0, 0.1) is 5.82 Å². The lowest BCUT2D eigenvalue weighted by Gasteiger charge is -2.15. The molecule has 0 aliphatic rings. The van der Waals surface area contributed by atoms with Gasteiger partial charge < -0.3 is 10.1 Å². The molecule has 0 aliphatic heterocycles. The fourth-order valence-corrected chi connectivity index (χ4v) is 2.84. The van der Waals surface area contributed by atoms with Crippen LogP contribution in [0.15, 0.2) is 53.6 Å². The maximum atomic E-state index is 13.8. The molecule has 0 radical (unpaired) electrons. The van der Waals surface area contributed by atoms with E-state index in [1.807, 2.05) is 6.07 Å². The standard InChI is InChI=1S/C20H20FN3O3/c1-13(14-7-8-18(27-2)16(21)11-14)23-19(25)9-10-24-12-22-17-6-4-3-5-15(17)20(24)26/h3-8,11-13H,9-10H2,1-2H3,(H,23,25)/t13-/m0/s1. The van der Waals surface area contributed by atoms with Crippen LogP contribution < -0.4 is 15.6 Å². The Morgan fingerprint density at radius 3 is 2.81 bits per heavy atom. The van der Waals surface area contributed by atoms with Crippen LogP contribution in [-0.2, 0) is 11.3 Å². The second-order valence-electron chi connectivity index (χ2n) is 6.19. The average Bonchev–Trinajstić information content (AvgIpc) is 2.67. The molecule has 27 heavy (non-hydrogen) atoms. The van der Waals surface area contributed by atoms with Crippen LogP contribution in [0.2, 0.25) is 0 Å². The average molecular weight is 369 g/mol. The molecule has 0 saturated heterocycles. The molecule has 1 aromatic heterocycles. The molecule has 0 fully saturated rings. The van der Waals surface area contributed by atoms with Crippen molar-refractivity contribution in [2.24, 2.45) is 0 Å². The number of amides is 1. The van der Waals surface area contributed by atoms with Crippen molar-refractivity contribution in [1.29, 1.82) is 0 Å². The van der Waals surface area contributed by atoms with E-state index < -0.39 is 5.82 Å². The van der Waals surface area contributed by atoms with Crippen molar-refractivity contribution in [1.82, 2.24) is 14.9 Å². The van der Waals surface area contributed by atoms with Crippen LogP contribution >= 0.6 is 0 Å². The number of nitrogens with one attached hydrogen (secondary N) is 1. The minimum absolute atomic E-state index is 0.114. The number of rotatable bonds is 6. The summed E-state index contributed by atoms with van der Waals surface area (Å²) in [5.41, 5.74) is 1.07. The lowest BCUT2D eigenvalue weighted by atomic mass is 10.1. The molecule has 1 N–H and O–H groups in total. The van der Waals surface area contributed by atoms with Gasteiger partial charge in [-0.3, -0.25) is 14.2 Å². The molecular formula is C20H20FN3O3. The summed E-state index contributed by atoms with van der Waals surface area (Å²) < 4.78 is 20.1. The van der Waals surface area contributed by atoms with E-state index in [0.717, 1.165) is 0 Å². The number of para-hydroxylation sites is 1. The van der Waals surface area contributed by atoms with Gasteiger partial charge >= 0.3 is 0 Å². The number of aromatic nitrogens is 2. The largest absolute Gasteiger partial charge is 0.494 e. The highest BCUT2D eigenvalue weighted by molar-refractivity contribution is 5.77. The van der Waals surface area contributed by atoms with Crippen LogP contribution in [-0.4, -0.2) is 22.6 Å². The highest BCUT2D eigenvalue weighted by Crippen LogP contribution is 2.21. The van der Waals surface area contributed by atoms with Gasteiger partial charge in [0.05, 0.1) is 30.4 Å². The molecule has 1 atom stereocenters. The van der Waals surface area contributed by atoms with Crippen molar-refractivity contribution >= 4 is 16.8 Å². The summed E-state index contributed by atoms with van der Waals surface area (Å²) in [6.45, 7) is 1.98. The monoisotopic (exact) mass is 369 g/mol. The Hall–Kier alpha value is -3.22. The van der Waals surface area contributed by atoms with Crippen molar-refractivity contribution in [3.05, 3.63) is 70.5 Å². The van der Waals surface area contributed by atoms with Gasteiger partial charge in [0, 0.05) is 13.0 Å². The minimum Gasteiger partial charge on any atom is -0.494 e. The number of benzene rings is 2. The van der Waals surface area contributed by atoms with E-state index in [2.05, 4.69) is 10.3 Å². The molecule has 2 aromatic carbocycles. The minimum atomic E-state index is -0.482. The predicted octanol–water partition coefficient (Wildman–Crippen LogP) is 2.81. The first-order valence-corrected chi connectivity index (χ1v) is 8.56. The van der Waals surface area contributed by atoms with E-state index in [1.54, 1.807) is 31.2 Å². The molecule has 1 amide bonds. The van der Waals surface area contributed by atoms with Crippen LogP contribution in [0.1, 0.15) is 24.9 Å². The second-order valence-corrected chi connectivity index (χ2v) is 6.19. The number of ether oxygens (including phenoxy) is 1. The maximum absolute atomic E-state index is 13.8. The molecule has 6 nitrogen and oxygen atoms in total. The van der Waals surface area contributed by atoms with Gasteiger partial charge in [-0.1, -0.05) is 18.2 Å². The lowest BCUT2D eigenvalue weighted by molar-refractivity contribution is -0.121. The second kappa shape index (κ2) is 7.99. The first-order valence-electron chi connectivity index (χ1n) is 8.56. The van der Waals surface area contributed by atoms with Crippen molar-refractivity contribution in [3.8, 4) is 5.75 Å². The molecule has 0 bridgehead atoms. The summed E-state index contributed by atoms with van der Waals surface area (Å²) >= 11 is 0. The zero-order valence-corrected chi connectivity index (χ0v) is 15.1. The van der Waals surface area contributed by atoms with Crippen molar-refractivity contribution < 1.29 is 13.9 Å². The van der Waals surface area contributed by atoms with Crippen LogP contribution in [0.25, 0.3) is 10.9 Å². The third kappa shape index (κ3) is 4.13. The van der Waals surface area contributed by atoms with Gasteiger partial charge in [-0.2, -0.15) is 0 Å². The van der Waals surface area contributed by atoms with Crippen molar-refractivity contribution in [3.63, 3.8) is 0 Å². The number of carbonyl (C=O) groups is 1. The fraction of sp³-hybridized carbons (Fsp3) is 0.250. The summed E-state index contributed by atoms with van der Waals surface area (Å²) in [7, 11) is 1.40. The van der Waals surface area contributed by atoms with E-state index in [9.17, 15) is 14.0 Å². The summed E-state index contributed by atoms with van der Waals surface area (Å²) in [6, 6.07) is 11.3.